The van der Waals surface area contributed by atoms with Crippen LogP contribution in [0, 0.1) is 5.92 Å². The Kier molecular flexibility index (Phi) is 6.93. The van der Waals surface area contributed by atoms with Crippen LogP contribution in [0.2, 0.25) is 0 Å². The standard InChI is InChI=1S/C16H31N3O2/c1-21-16(20)7-8-18-9-11-19(12-10-18)15-6-4-2-3-5-14(15)13-17/h14-15H,2-13,17H2,1H3. The molecule has 5 heteroatoms. The number of nitrogens with zero attached hydrogens (tertiary/aromatic N) is 2. The first-order valence-corrected chi connectivity index (χ1v) is 8.48. The molecule has 1 aliphatic carbocycles. The molecule has 0 aromatic heterocycles. The number of methoxy groups -OCH3 is 1. The van der Waals surface area contributed by atoms with Crippen molar-refractivity contribution < 1.29 is 9.53 Å². The Morgan fingerprint density at radius 1 is 1.14 bits per heavy atom. The van der Waals surface area contributed by atoms with E-state index in [2.05, 4.69) is 9.80 Å². The third-order valence-electron chi connectivity index (χ3n) is 5.16. The van der Waals surface area contributed by atoms with E-state index < -0.39 is 0 Å². The maximum Gasteiger partial charge on any atom is 0.306 e. The van der Waals surface area contributed by atoms with Gasteiger partial charge in [0.2, 0.25) is 0 Å². The highest BCUT2D eigenvalue weighted by Gasteiger charge is 2.30. The van der Waals surface area contributed by atoms with Gasteiger partial charge in [0, 0.05) is 38.8 Å². The highest BCUT2D eigenvalue weighted by atomic mass is 16.5. The number of hydrogen-bond acceptors (Lipinski definition) is 5. The molecule has 1 aliphatic heterocycles. The molecule has 0 bridgehead atoms. The summed E-state index contributed by atoms with van der Waals surface area (Å²) in [6, 6.07) is 0.681. The molecular formula is C16H31N3O2. The van der Waals surface area contributed by atoms with Crippen LogP contribution in [-0.2, 0) is 9.53 Å². The monoisotopic (exact) mass is 297 g/mol. The molecule has 0 aromatic carbocycles. The van der Waals surface area contributed by atoms with Crippen molar-refractivity contribution in [2.75, 3.05) is 46.4 Å². The van der Waals surface area contributed by atoms with Gasteiger partial charge in [0.1, 0.15) is 0 Å². The average molecular weight is 297 g/mol. The molecule has 1 saturated carbocycles. The van der Waals surface area contributed by atoms with Gasteiger partial charge in [-0.2, -0.15) is 0 Å². The van der Waals surface area contributed by atoms with Crippen LogP contribution in [-0.4, -0.2) is 68.2 Å². The number of ether oxygens (including phenoxy) is 1. The van der Waals surface area contributed by atoms with Gasteiger partial charge in [0.25, 0.3) is 0 Å². The van der Waals surface area contributed by atoms with Gasteiger partial charge in [-0.25, -0.2) is 0 Å². The molecule has 21 heavy (non-hydrogen) atoms. The zero-order valence-electron chi connectivity index (χ0n) is 13.4. The van der Waals surface area contributed by atoms with E-state index >= 15 is 0 Å². The summed E-state index contributed by atoms with van der Waals surface area (Å²) in [7, 11) is 1.46. The van der Waals surface area contributed by atoms with Crippen LogP contribution < -0.4 is 5.73 Å². The molecule has 0 amide bonds. The minimum absolute atomic E-state index is 0.107. The zero-order chi connectivity index (χ0) is 15.1. The lowest BCUT2D eigenvalue weighted by Crippen LogP contribution is -2.53. The van der Waals surface area contributed by atoms with Gasteiger partial charge < -0.3 is 15.4 Å². The first kappa shape index (κ1) is 16.7. The quantitative estimate of drug-likeness (QED) is 0.608. The second-order valence-electron chi connectivity index (χ2n) is 6.40. The van der Waals surface area contributed by atoms with Crippen molar-refractivity contribution in [1.29, 1.82) is 0 Å². The van der Waals surface area contributed by atoms with Crippen LogP contribution in [0.15, 0.2) is 0 Å². The molecule has 0 spiro atoms. The Hall–Kier alpha value is -0.650. The zero-order valence-corrected chi connectivity index (χ0v) is 13.4. The van der Waals surface area contributed by atoms with Crippen LogP contribution in [0.5, 0.6) is 0 Å². The van der Waals surface area contributed by atoms with E-state index in [4.69, 9.17) is 10.5 Å². The van der Waals surface area contributed by atoms with Crippen LogP contribution in [0.3, 0.4) is 0 Å². The fourth-order valence-corrected chi connectivity index (χ4v) is 3.79. The van der Waals surface area contributed by atoms with E-state index in [1.807, 2.05) is 0 Å². The SMILES string of the molecule is COC(=O)CCN1CCN(C2CCCCCC2CN)CC1. The smallest absolute Gasteiger partial charge is 0.306 e. The van der Waals surface area contributed by atoms with E-state index in [0.717, 1.165) is 39.3 Å². The molecular weight excluding hydrogens is 266 g/mol. The second kappa shape index (κ2) is 8.71. The van der Waals surface area contributed by atoms with Gasteiger partial charge in [-0.15, -0.1) is 0 Å². The summed E-state index contributed by atoms with van der Waals surface area (Å²) in [6.07, 6.45) is 7.17. The third kappa shape index (κ3) is 4.94. The fourth-order valence-electron chi connectivity index (χ4n) is 3.79. The topological polar surface area (TPSA) is 58.8 Å². The van der Waals surface area contributed by atoms with Crippen LogP contribution in [0.25, 0.3) is 0 Å². The minimum Gasteiger partial charge on any atom is -0.469 e. The predicted octanol–water partition coefficient (Wildman–Crippen LogP) is 1.07. The molecule has 1 saturated heterocycles. The Morgan fingerprint density at radius 2 is 1.86 bits per heavy atom. The van der Waals surface area contributed by atoms with Gasteiger partial charge in [-0.3, -0.25) is 9.69 Å². The molecule has 2 unspecified atom stereocenters. The van der Waals surface area contributed by atoms with E-state index in [1.165, 1.54) is 39.2 Å². The van der Waals surface area contributed by atoms with E-state index in [9.17, 15) is 4.79 Å². The largest absolute Gasteiger partial charge is 0.469 e. The number of carbonyl (C=O) groups is 1. The lowest BCUT2D eigenvalue weighted by molar-refractivity contribution is -0.141. The number of esters is 1. The Morgan fingerprint density at radius 3 is 2.52 bits per heavy atom. The number of nitrogens with two attached hydrogens (primary N) is 1. The molecule has 0 radical (unpaired) electrons. The molecule has 5 nitrogen and oxygen atoms in total. The number of carbonyl (C=O) groups excluding carboxylic acids is 1. The van der Waals surface area contributed by atoms with Gasteiger partial charge in [-0.05, 0) is 25.3 Å². The maximum atomic E-state index is 11.2. The minimum atomic E-state index is -0.107. The second-order valence-corrected chi connectivity index (χ2v) is 6.40. The van der Waals surface area contributed by atoms with Crippen molar-refractivity contribution in [1.82, 2.24) is 9.80 Å². The fraction of sp³-hybridized carbons (Fsp3) is 0.938. The lowest BCUT2D eigenvalue weighted by atomic mass is 9.93. The average Bonchev–Trinajstić information content (AvgIpc) is 2.78. The summed E-state index contributed by atoms with van der Waals surface area (Å²) in [5.74, 6) is 0.568. The van der Waals surface area contributed by atoms with Crippen LogP contribution >= 0.6 is 0 Å². The lowest BCUT2D eigenvalue weighted by Gasteiger charge is -2.41. The van der Waals surface area contributed by atoms with Crippen molar-refractivity contribution in [3.8, 4) is 0 Å². The predicted molar refractivity (Wildman–Crippen MR) is 84.1 cm³/mol. The molecule has 1 heterocycles. The van der Waals surface area contributed by atoms with E-state index in [0.29, 0.717) is 18.4 Å². The molecule has 2 aliphatic rings. The van der Waals surface area contributed by atoms with Crippen molar-refractivity contribution in [3.63, 3.8) is 0 Å². The summed E-state index contributed by atoms with van der Waals surface area (Å²) >= 11 is 0. The molecule has 0 aromatic rings. The summed E-state index contributed by atoms with van der Waals surface area (Å²) in [4.78, 5) is 16.2. The van der Waals surface area contributed by atoms with Gasteiger partial charge >= 0.3 is 5.97 Å². The molecule has 122 valence electrons. The van der Waals surface area contributed by atoms with Crippen molar-refractivity contribution >= 4 is 5.97 Å². The van der Waals surface area contributed by atoms with Crippen LogP contribution in [0.4, 0.5) is 0 Å². The maximum absolute atomic E-state index is 11.2. The molecule has 2 atom stereocenters. The number of hydrogen-bond donors (Lipinski definition) is 1. The normalized spacial score (nSPS) is 29.0. The number of rotatable bonds is 5. The highest BCUT2D eigenvalue weighted by Crippen LogP contribution is 2.27. The van der Waals surface area contributed by atoms with Crippen LogP contribution in [0.1, 0.15) is 38.5 Å². The van der Waals surface area contributed by atoms with Gasteiger partial charge in [-0.1, -0.05) is 19.3 Å². The van der Waals surface area contributed by atoms with Crippen molar-refractivity contribution in [3.05, 3.63) is 0 Å². The van der Waals surface area contributed by atoms with Gasteiger partial charge in [0.15, 0.2) is 0 Å². The molecule has 2 rings (SSSR count). The number of piperazine rings is 1. The first-order chi connectivity index (χ1) is 10.2. The molecule has 2 fully saturated rings. The summed E-state index contributed by atoms with van der Waals surface area (Å²) in [5, 5.41) is 0. The first-order valence-electron chi connectivity index (χ1n) is 8.48. The van der Waals surface area contributed by atoms with Crippen molar-refractivity contribution in [2.24, 2.45) is 11.7 Å². The summed E-state index contributed by atoms with van der Waals surface area (Å²) in [5.41, 5.74) is 6.00. The van der Waals surface area contributed by atoms with Crippen molar-refractivity contribution in [2.45, 2.75) is 44.6 Å². The molecule has 2 N–H and O–H groups in total. The Balaban J connectivity index is 1.77. The van der Waals surface area contributed by atoms with E-state index in [1.54, 1.807) is 0 Å². The summed E-state index contributed by atoms with van der Waals surface area (Å²) in [6.45, 7) is 6.00. The summed E-state index contributed by atoms with van der Waals surface area (Å²) < 4.78 is 4.71. The van der Waals surface area contributed by atoms with E-state index in [-0.39, 0.29) is 5.97 Å². The Labute approximate surface area is 128 Å². The third-order valence-corrected chi connectivity index (χ3v) is 5.16. The Bertz CT molecular complexity index is 317. The van der Waals surface area contributed by atoms with Gasteiger partial charge in [0.05, 0.1) is 13.5 Å². The highest BCUT2D eigenvalue weighted by molar-refractivity contribution is 5.69.